The first-order chi connectivity index (χ1) is 13.1. The lowest BCUT2D eigenvalue weighted by Crippen LogP contribution is -2.28. The molecule has 136 valence electrons. The zero-order chi connectivity index (χ0) is 19.1. The van der Waals surface area contributed by atoms with Gasteiger partial charge >= 0.3 is 6.03 Å². The highest BCUT2D eigenvalue weighted by atomic mass is 16.2. The van der Waals surface area contributed by atoms with Crippen LogP contribution in [0.4, 0.5) is 16.2 Å². The summed E-state index contributed by atoms with van der Waals surface area (Å²) in [5.74, 6) is -0.197. The average Bonchev–Trinajstić information content (AvgIpc) is 2.68. The molecular weight excluding hydrogens is 338 g/mol. The highest BCUT2D eigenvalue weighted by Gasteiger charge is 2.07. The fourth-order valence-corrected chi connectivity index (χ4v) is 2.63. The van der Waals surface area contributed by atoms with E-state index in [9.17, 15) is 9.59 Å². The van der Waals surface area contributed by atoms with Gasteiger partial charge in [-0.25, -0.2) is 4.79 Å². The van der Waals surface area contributed by atoms with Crippen LogP contribution in [-0.2, 0) is 6.54 Å². The highest BCUT2D eigenvalue weighted by molar-refractivity contribution is 6.04. The van der Waals surface area contributed by atoms with Crippen LogP contribution in [0.5, 0.6) is 0 Å². The van der Waals surface area contributed by atoms with Crippen molar-refractivity contribution < 1.29 is 9.59 Å². The molecule has 5 heteroatoms. The zero-order valence-corrected chi connectivity index (χ0v) is 15.0. The first kappa shape index (κ1) is 18.2. The van der Waals surface area contributed by atoms with Crippen molar-refractivity contribution in [3.63, 3.8) is 0 Å². The minimum absolute atomic E-state index is 0.197. The highest BCUT2D eigenvalue weighted by Crippen LogP contribution is 2.16. The lowest BCUT2D eigenvalue weighted by Gasteiger charge is -2.11. The Balaban J connectivity index is 1.58. The summed E-state index contributed by atoms with van der Waals surface area (Å²) >= 11 is 0. The molecule has 3 aromatic rings. The topological polar surface area (TPSA) is 70.2 Å². The molecule has 0 aliphatic rings. The summed E-state index contributed by atoms with van der Waals surface area (Å²) < 4.78 is 0. The van der Waals surface area contributed by atoms with Crippen LogP contribution < -0.4 is 16.0 Å². The summed E-state index contributed by atoms with van der Waals surface area (Å²) in [4.78, 5) is 24.4. The van der Waals surface area contributed by atoms with E-state index < -0.39 is 0 Å². The second kappa shape index (κ2) is 8.67. The molecule has 0 fully saturated rings. The van der Waals surface area contributed by atoms with Crippen molar-refractivity contribution in [2.45, 2.75) is 13.5 Å². The van der Waals surface area contributed by atoms with Crippen LogP contribution in [0.2, 0.25) is 0 Å². The van der Waals surface area contributed by atoms with Crippen LogP contribution in [0.3, 0.4) is 0 Å². The lowest BCUT2D eigenvalue weighted by atomic mass is 10.1. The smallest absolute Gasteiger partial charge is 0.319 e. The molecule has 0 saturated heterocycles. The maximum absolute atomic E-state index is 12.2. The van der Waals surface area contributed by atoms with Crippen molar-refractivity contribution >= 4 is 23.3 Å². The molecule has 0 bridgehead atoms. The summed E-state index contributed by atoms with van der Waals surface area (Å²) in [6.07, 6.45) is 0. The van der Waals surface area contributed by atoms with E-state index in [1.54, 1.807) is 36.4 Å². The summed E-state index contributed by atoms with van der Waals surface area (Å²) in [5.41, 5.74) is 3.98. The van der Waals surface area contributed by atoms with Crippen LogP contribution in [-0.4, -0.2) is 11.9 Å². The number of anilines is 2. The summed E-state index contributed by atoms with van der Waals surface area (Å²) in [7, 11) is 0. The van der Waals surface area contributed by atoms with Gasteiger partial charge in [0.1, 0.15) is 0 Å². The second-order valence-electron chi connectivity index (χ2n) is 6.14. The van der Waals surface area contributed by atoms with Gasteiger partial charge in [-0.3, -0.25) is 4.79 Å². The van der Waals surface area contributed by atoms with Crippen molar-refractivity contribution in [3.05, 3.63) is 95.6 Å². The molecule has 0 radical (unpaired) electrons. The Morgan fingerprint density at radius 2 is 1.44 bits per heavy atom. The molecule has 0 saturated carbocycles. The van der Waals surface area contributed by atoms with E-state index in [4.69, 9.17) is 0 Å². The van der Waals surface area contributed by atoms with Crippen LogP contribution in [0.25, 0.3) is 0 Å². The van der Waals surface area contributed by atoms with Crippen LogP contribution in [0, 0.1) is 6.92 Å². The Labute approximate surface area is 158 Å². The minimum atomic E-state index is -0.301. The number of amides is 3. The fourth-order valence-electron chi connectivity index (χ4n) is 2.63. The lowest BCUT2D eigenvalue weighted by molar-refractivity contribution is 0.102. The van der Waals surface area contributed by atoms with Gasteiger partial charge in [0.25, 0.3) is 5.91 Å². The number of carbonyl (C=O) groups is 2. The molecule has 3 aromatic carbocycles. The van der Waals surface area contributed by atoms with E-state index in [0.717, 1.165) is 11.1 Å². The van der Waals surface area contributed by atoms with Gasteiger partial charge in [0.15, 0.2) is 0 Å². The maximum Gasteiger partial charge on any atom is 0.319 e. The number of hydrogen-bond donors (Lipinski definition) is 3. The third-order valence-corrected chi connectivity index (χ3v) is 4.11. The first-order valence-electron chi connectivity index (χ1n) is 8.67. The molecule has 27 heavy (non-hydrogen) atoms. The van der Waals surface area contributed by atoms with E-state index in [0.29, 0.717) is 23.5 Å². The molecule has 0 spiro atoms. The molecule has 3 amide bonds. The number of rotatable bonds is 5. The second-order valence-corrected chi connectivity index (χ2v) is 6.14. The van der Waals surface area contributed by atoms with Gasteiger partial charge in [0, 0.05) is 23.5 Å². The fraction of sp³-hybridized carbons (Fsp3) is 0.0909. The normalized spacial score (nSPS) is 10.1. The molecule has 0 atom stereocenters. The predicted molar refractivity (Wildman–Crippen MR) is 108 cm³/mol. The van der Waals surface area contributed by atoms with Crippen molar-refractivity contribution in [2.75, 3.05) is 10.6 Å². The Morgan fingerprint density at radius 3 is 2.19 bits per heavy atom. The Morgan fingerprint density at radius 1 is 0.778 bits per heavy atom. The molecule has 0 aliphatic heterocycles. The maximum atomic E-state index is 12.2. The Hall–Kier alpha value is -3.60. The third kappa shape index (κ3) is 5.19. The van der Waals surface area contributed by atoms with Gasteiger partial charge in [0.2, 0.25) is 0 Å². The van der Waals surface area contributed by atoms with E-state index in [1.807, 2.05) is 49.4 Å². The monoisotopic (exact) mass is 359 g/mol. The van der Waals surface area contributed by atoms with Gasteiger partial charge in [-0.2, -0.15) is 0 Å². The van der Waals surface area contributed by atoms with Crippen molar-refractivity contribution in [1.82, 2.24) is 5.32 Å². The predicted octanol–water partition coefficient (Wildman–Crippen LogP) is 4.57. The molecule has 3 rings (SSSR count). The molecule has 0 unspecified atom stereocenters. The van der Waals surface area contributed by atoms with Crippen molar-refractivity contribution in [1.29, 1.82) is 0 Å². The summed E-state index contributed by atoms with van der Waals surface area (Å²) in [6, 6.07) is 23.6. The van der Waals surface area contributed by atoms with Crippen molar-refractivity contribution in [3.8, 4) is 0 Å². The number of urea groups is 1. The number of hydrogen-bond acceptors (Lipinski definition) is 2. The largest absolute Gasteiger partial charge is 0.334 e. The van der Waals surface area contributed by atoms with E-state index in [2.05, 4.69) is 16.0 Å². The third-order valence-electron chi connectivity index (χ3n) is 4.11. The Bertz CT molecular complexity index is 939. The quantitative estimate of drug-likeness (QED) is 0.624. The number of carbonyl (C=O) groups excluding carboxylic acids is 2. The van der Waals surface area contributed by atoms with Crippen LogP contribution in [0.1, 0.15) is 21.5 Å². The number of aryl methyl sites for hydroxylation is 1. The molecule has 0 heterocycles. The van der Waals surface area contributed by atoms with Gasteiger partial charge in [-0.1, -0.05) is 48.5 Å². The minimum Gasteiger partial charge on any atom is -0.334 e. The number of nitrogens with one attached hydrogen (secondary N) is 3. The van der Waals surface area contributed by atoms with Crippen LogP contribution in [0.15, 0.2) is 78.9 Å². The van der Waals surface area contributed by atoms with E-state index in [1.165, 1.54) is 0 Å². The molecule has 0 aromatic heterocycles. The molecule has 3 N–H and O–H groups in total. The van der Waals surface area contributed by atoms with Crippen molar-refractivity contribution in [2.24, 2.45) is 0 Å². The van der Waals surface area contributed by atoms with Gasteiger partial charge in [-0.15, -0.1) is 0 Å². The molecule has 5 nitrogen and oxygen atoms in total. The average molecular weight is 359 g/mol. The van der Waals surface area contributed by atoms with E-state index in [-0.39, 0.29) is 11.9 Å². The SMILES string of the molecule is Cc1ccccc1CNC(=O)Nc1cccc(NC(=O)c2ccccc2)c1. The summed E-state index contributed by atoms with van der Waals surface area (Å²) in [5, 5.41) is 8.45. The Kier molecular flexibility index (Phi) is 5.84. The molecule has 0 aliphatic carbocycles. The van der Waals surface area contributed by atoms with Gasteiger partial charge in [-0.05, 0) is 48.4 Å². The molecular formula is C22H21N3O2. The van der Waals surface area contributed by atoms with E-state index >= 15 is 0 Å². The summed E-state index contributed by atoms with van der Waals surface area (Å²) in [6.45, 7) is 2.46. The van der Waals surface area contributed by atoms with Gasteiger partial charge < -0.3 is 16.0 Å². The van der Waals surface area contributed by atoms with Gasteiger partial charge in [0.05, 0.1) is 0 Å². The van der Waals surface area contributed by atoms with Crippen LogP contribution >= 0.6 is 0 Å². The first-order valence-corrected chi connectivity index (χ1v) is 8.67. The number of benzene rings is 3. The zero-order valence-electron chi connectivity index (χ0n) is 15.0. The standard InChI is InChI=1S/C22H21N3O2/c1-16-8-5-6-11-18(16)15-23-22(27)25-20-13-7-12-19(14-20)24-21(26)17-9-3-2-4-10-17/h2-14H,15H2,1H3,(H,24,26)(H2,23,25,27).